The summed E-state index contributed by atoms with van der Waals surface area (Å²) in [6.07, 6.45) is 2.40. The lowest BCUT2D eigenvalue weighted by Crippen LogP contribution is -2.08. The third kappa shape index (κ3) is 4.76. The van der Waals surface area contributed by atoms with E-state index < -0.39 is 0 Å². The van der Waals surface area contributed by atoms with Crippen LogP contribution in [0.2, 0.25) is 0 Å². The average molecular weight is 297 g/mol. The van der Waals surface area contributed by atoms with Crippen LogP contribution in [0.3, 0.4) is 0 Å². The molecule has 0 fully saturated rings. The van der Waals surface area contributed by atoms with Gasteiger partial charge in [-0.1, -0.05) is 12.1 Å². The van der Waals surface area contributed by atoms with Crippen molar-refractivity contribution in [2.45, 2.75) is 25.8 Å². The maximum Gasteiger partial charge on any atom is 0.137 e. The van der Waals surface area contributed by atoms with E-state index >= 15 is 0 Å². The smallest absolute Gasteiger partial charge is 0.137 e. The van der Waals surface area contributed by atoms with E-state index in [9.17, 15) is 0 Å². The molecular formula is C13H17BrN2O. The molecule has 0 heterocycles. The van der Waals surface area contributed by atoms with Gasteiger partial charge in [0, 0.05) is 18.5 Å². The fraction of sp³-hybridized carbons (Fsp3) is 0.462. The van der Waals surface area contributed by atoms with Crippen LogP contribution in [0.5, 0.6) is 5.75 Å². The van der Waals surface area contributed by atoms with Crippen LogP contribution < -0.4 is 10.1 Å². The number of benzene rings is 1. The van der Waals surface area contributed by atoms with Crippen LogP contribution in [-0.2, 0) is 6.54 Å². The van der Waals surface area contributed by atoms with Crippen LogP contribution in [-0.4, -0.2) is 13.7 Å². The van der Waals surface area contributed by atoms with Gasteiger partial charge in [0.05, 0.1) is 17.1 Å². The van der Waals surface area contributed by atoms with Crippen LogP contribution in [0.25, 0.3) is 0 Å². The monoisotopic (exact) mass is 296 g/mol. The summed E-state index contributed by atoms with van der Waals surface area (Å²) in [4.78, 5) is 0. The van der Waals surface area contributed by atoms with Gasteiger partial charge in [-0.25, -0.2) is 0 Å². The van der Waals surface area contributed by atoms with Crippen molar-refractivity contribution in [1.82, 2.24) is 5.32 Å². The van der Waals surface area contributed by atoms with Crippen molar-refractivity contribution in [3.05, 3.63) is 28.2 Å². The fourth-order valence-corrected chi connectivity index (χ4v) is 2.05. The lowest BCUT2D eigenvalue weighted by Gasteiger charge is -2.12. The van der Waals surface area contributed by atoms with Crippen LogP contribution in [0.4, 0.5) is 0 Å². The van der Waals surface area contributed by atoms with Gasteiger partial charge in [0.15, 0.2) is 0 Å². The number of nitrogens with one attached hydrogen (secondary N) is 1. The zero-order chi connectivity index (χ0) is 12.5. The first-order valence-corrected chi connectivity index (χ1v) is 6.50. The minimum absolute atomic E-state index is 0.600. The van der Waals surface area contributed by atoms with Crippen molar-refractivity contribution in [3.8, 4) is 11.8 Å². The van der Waals surface area contributed by atoms with Crippen molar-refractivity contribution < 1.29 is 4.74 Å². The molecule has 0 spiro atoms. The molecule has 0 aliphatic heterocycles. The molecule has 1 aromatic rings. The summed E-state index contributed by atoms with van der Waals surface area (Å²) in [6, 6.07) is 8.16. The summed E-state index contributed by atoms with van der Waals surface area (Å²) in [5.74, 6) is 0.902. The minimum atomic E-state index is 0.600. The molecule has 1 rings (SSSR count). The van der Waals surface area contributed by atoms with Gasteiger partial charge in [-0.05, 0) is 41.9 Å². The Balaban J connectivity index is 2.53. The van der Waals surface area contributed by atoms with Crippen molar-refractivity contribution in [1.29, 1.82) is 5.26 Å². The standard InChI is InChI=1S/C13H17BrN2O/c1-16-10-11-6-5-7-12(14)13(11)17-9-4-2-3-8-15/h5-7,16H,2-4,9-10H2,1H3. The van der Waals surface area contributed by atoms with Gasteiger partial charge in [0.2, 0.25) is 0 Å². The largest absolute Gasteiger partial charge is 0.492 e. The molecule has 0 aliphatic rings. The van der Waals surface area contributed by atoms with Gasteiger partial charge in [0.1, 0.15) is 5.75 Å². The average Bonchev–Trinajstić information content (AvgIpc) is 2.32. The minimum Gasteiger partial charge on any atom is -0.492 e. The second kappa shape index (κ2) is 8.10. The quantitative estimate of drug-likeness (QED) is 0.786. The number of halogens is 1. The number of nitrogens with zero attached hydrogens (tertiary/aromatic N) is 1. The SMILES string of the molecule is CNCc1cccc(Br)c1OCCCCC#N. The number of ether oxygens (including phenoxy) is 1. The van der Waals surface area contributed by atoms with Crippen molar-refractivity contribution in [3.63, 3.8) is 0 Å². The van der Waals surface area contributed by atoms with E-state index in [0.717, 1.165) is 35.2 Å². The Morgan fingerprint density at radius 3 is 2.94 bits per heavy atom. The molecule has 0 aliphatic carbocycles. The topological polar surface area (TPSA) is 45.0 Å². The van der Waals surface area contributed by atoms with Gasteiger partial charge < -0.3 is 10.1 Å². The number of nitriles is 1. The first kappa shape index (κ1) is 14.0. The van der Waals surface area contributed by atoms with Gasteiger partial charge in [-0.15, -0.1) is 0 Å². The zero-order valence-electron chi connectivity index (χ0n) is 10.0. The summed E-state index contributed by atoms with van der Waals surface area (Å²) in [5, 5.41) is 11.6. The number of hydrogen-bond acceptors (Lipinski definition) is 3. The van der Waals surface area contributed by atoms with Crippen LogP contribution in [0.1, 0.15) is 24.8 Å². The molecule has 0 unspecified atom stereocenters. The summed E-state index contributed by atoms with van der Waals surface area (Å²) < 4.78 is 6.75. The highest BCUT2D eigenvalue weighted by molar-refractivity contribution is 9.10. The molecule has 0 bridgehead atoms. The molecule has 92 valence electrons. The van der Waals surface area contributed by atoms with Crippen molar-refractivity contribution >= 4 is 15.9 Å². The Bertz CT molecular complexity index is 387. The lowest BCUT2D eigenvalue weighted by atomic mass is 10.2. The van der Waals surface area contributed by atoms with E-state index in [1.807, 2.05) is 25.2 Å². The highest BCUT2D eigenvalue weighted by Crippen LogP contribution is 2.29. The molecular weight excluding hydrogens is 280 g/mol. The number of hydrogen-bond donors (Lipinski definition) is 1. The zero-order valence-corrected chi connectivity index (χ0v) is 11.6. The summed E-state index contributed by atoms with van der Waals surface area (Å²) in [6.45, 7) is 1.44. The van der Waals surface area contributed by atoms with E-state index in [2.05, 4.69) is 27.3 Å². The van der Waals surface area contributed by atoms with E-state index in [0.29, 0.717) is 13.0 Å². The predicted octanol–water partition coefficient (Wildman–Crippen LogP) is 3.24. The Labute approximate surface area is 111 Å². The first-order valence-electron chi connectivity index (χ1n) is 5.71. The lowest BCUT2D eigenvalue weighted by molar-refractivity contribution is 0.302. The Morgan fingerprint density at radius 2 is 2.24 bits per heavy atom. The molecule has 1 N–H and O–H groups in total. The van der Waals surface area contributed by atoms with Crippen molar-refractivity contribution in [2.75, 3.05) is 13.7 Å². The maximum atomic E-state index is 8.43. The number of para-hydroxylation sites is 1. The van der Waals surface area contributed by atoms with Crippen LogP contribution in [0, 0.1) is 11.3 Å². The van der Waals surface area contributed by atoms with Crippen LogP contribution in [0.15, 0.2) is 22.7 Å². The Morgan fingerprint density at radius 1 is 1.41 bits per heavy atom. The van der Waals surface area contributed by atoms with Crippen LogP contribution >= 0.6 is 15.9 Å². The fourth-order valence-electron chi connectivity index (χ4n) is 1.53. The molecule has 0 amide bonds. The second-order valence-corrected chi connectivity index (χ2v) is 4.58. The van der Waals surface area contributed by atoms with Gasteiger partial charge >= 0.3 is 0 Å². The molecule has 0 radical (unpaired) electrons. The highest BCUT2D eigenvalue weighted by atomic mass is 79.9. The first-order chi connectivity index (χ1) is 8.29. The van der Waals surface area contributed by atoms with Crippen molar-refractivity contribution in [2.24, 2.45) is 0 Å². The van der Waals surface area contributed by atoms with E-state index in [1.54, 1.807) is 0 Å². The molecule has 17 heavy (non-hydrogen) atoms. The third-order valence-electron chi connectivity index (χ3n) is 2.35. The predicted molar refractivity (Wildman–Crippen MR) is 71.9 cm³/mol. The van der Waals surface area contributed by atoms with E-state index in [4.69, 9.17) is 10.00 Å². The molecule has 4 heteroatoms. The third-order valence-corrected chi connectivity index (χ3v) is 2.97. The molecule has 3 nitrogen and oxygen atoms in total. The number of unbranched alkanes of at least 4 members (excludes halogenated alkanes) is 2. The maximum absolute atomic E-state index is 8.43. The van der Waals surface area contributed by atoms with Gasteiger partial charge in [-0.2, -0.15) is 5.26 Å². The Hall–Kier alpha value is -1.05. The Kier molecular flexibility index (Phi) is 6.68. The summed E-state index contributed by atoms with van der Waals surface area (Å²) in [5.41, 5.74) is 1.14. The van der Waals surface area contributed by atoms with E-state index in [1.165, 1.54) is 0 Å². The van der Waals surface area contributed by atoms with Gasteiger partial charge in [0.25, 0.3) is 0 Å². The molecule has 0 saturated heterocycles. The normalized spacial score (nSPS) is 9.94. The molecule has 0 saturated carbocycles. The summed E-state index contributed by atoms with van der Waals surface area (Å²) in [7, 11) is 1.91. The number of rotatable bonds is 7. The molecule has 0 aromatic heterocycles. The van der Waals surface area contributed by atoms with Gasteiger partial charge in [-0.3, -0.25) is 0 Å². The summed E-state index contributed by atoms with van der Waals surface area (Å²) >= 11 is 3.49. The second-order valence-electron chi connectivity index (χ2n) is 3.72. The van der Waals surface area contributed by atoms with E-state index in [-0.39, 0.29) is 0 Å². The molecule has 0 atom stereocenters. The highest BCUT2D eigenvalue weighted by Gasteiger charge is 2.06. The molecule has 1 aromatic carbocycles.